The van der Waals surface area contributed by atoms with E-state index >= 15 is 0 Å². The van der Waals surface area contributed by atoms with Crippen molar-refractivity contribution in [1.29, 1.82) is 1.34 Å². The maximum atomic E-state index is 6.58. The van der Waals surface area contributed by atoms with Crippen molar-refractivity contribution in [3.05, 3.63) is 7.43 Å². The minimum Gasteiger partial charge on any atom is -0.358 e. The first kappa shape index (κ1) is 9.48. The number of hydrogen-bond donors (Lipinski definition) is 0. The first-order valence-corrected chi connectivity index (χ1v) is 1.15. The summed E-state index contributed by atoms with van der Waals surface area (Å²) in [6, 6.07) is 0. The van der Waals surface area contributed by atoms with E-state index in [1.54, 1.807) is 0 Å². The molecule has 29 valence electrons. The molecule has 0 rings (SSSR count). The molecule has 2 heteroatoms. The van der Waals surface area contributed by atoms with Crippen molar-refractivity contribution in [3.63, 3.8) is 0 Å². The molecule has 0 aromatic heterocycles. The van der Waals surface area contributed by atoms with Crippen LogP contribution in [0.1, 0.15) is 0 Å². The molecular weight excluding hydrogens is 136 g/mol. The van der Waals surface area contributed by atoms with Gasteiger partial charge >= 0.3 is 0 Å². The van der Waals surface area contributed by atoms with Crippen molar-refractivity contribution in [3.8, 4) is 0 Å². The molecule has 0 nitrogen and oxygen atoms in total. The van der Waals surface area contributed by atoms with E-state index < -0.39 is 0 Å². The van der Waals surface area contributed by atoms with Gasteiger partial charge in [-0.05, 0) is 1.34 Å². The average molecular weight is 147 g/mol. The van der Waals surface area contributed by atoms with Crippen molar-refractivity contribution in [1.82, 2.24) is 0 Å². The second-order valence-electron chi connectivity index (χ2n) is 0.577. The quantitative estimate of drug-likeness (QED) is 0.353. The van der Waals surface area contributed by atoms with Crippen LogP contribution in [-0.2, 0) is 32.7 Å². The average Bonchev–Trinajstić information content (AvgIpc) is 0.811. The molecule has 0 saturated heterocycles. The summed E-state index contributed by atoms with van der Waals surface area (Å²) in [6.07, 6.45) is 0. The van der Waals surface area contributed by atoms with Gasteiger partial charge in [-0.25, -0.2) is 0 Å². The van der Waals surface area contributed by atoms with Crippen LogP contribution in [0, 0.1) is 7.43 Å². The maximum Gasteiger partial charge on any atom is 0.114 e. The molecule has 0 unspecified atom stereocenters. The Morgan fingerprint density at radius 2 is 1.60 bits per heavy atom. The van der Waals surface area contributed by atoms with Crippen LogP contribution in [0.25, 0.3) is 0 Å². The predicted molar refractivity (Wildman–Crippen MR) is 25.3 cm³/mol. The Kier molecular flexibility index (Phi) is 36.2. The predicted octanol–water partition coefficient (Wildman–Crippen LogP) is 0.967. The van der Waals surface area contributed by atoms with Gasteiger partial charge in [0.05, 0.1) is 0 Å². The van der Waals surface area contributed by atoms with Gasteiger partial charge in [-0.1, -0.05) is 13.6 Å². The van der Waals surface area contributed by atoms with Gasteiger partial charge in [-0.2, -0.15) is 0 Å². The van der Waals surface area contributed by atoms with E-state index in [-0.39, 0.29) is 47.4 Å². The summed E-state index contributed by atoms with van der Waals surface area (Å²) in [5.74, 6) is 0. The second kappa shape index (κ2) is 19.1. The normalized spacial score (nSPS) is 5.60. The van der Waals surface area contributed by atoms with Gasteiger partial charge < -0.3 is 7.43 Å². The van der Waals surface area contributed by atoms with Crippen molar-refractivity contribution >= 4 is 7.24 Å². The summed E-state index contributed by atoms with van der Waals surface area (Å²) in [4.78, 5) is 0. The molecule has 0 fully saturated rings. The molecule has 0 aliphatic rings. The zero-order chi connectivity index (χ0) is 3.58. The fourth-order valence-corrected chi connectivity index (χ4v) is 0. The molecule has 0 N–H and O–H groups in total. The van der Waals surface area contributed by atoms with E-state index in [2.05, 4.69) is 0 Å². The van der Waals surface area contributed by atoms with E-state index in [0.717, 1.165) is 0 Å². The first-order chi connectivity index (χ1) is 1.73. The summed E-state index contributed by atoms with van der Waals surface area (Å²) in [5, 5.41) is 0. The van der Waals surface area contributed by atoms with Gasteiger partial charge in [0.25, 0.3) is 0 Å². The Bertz CT molecular complexity index is 15.5. The summed E-state index contributed by atoms with van der Waals surface area (Å²) >= 11 is 0. The molecule has 1 radical (unpaired) electrons. The van der Waals surface area contributed by atoms with Crippen LogP contribution in [0.5, 0.6) is 0 Å². The first-order valence-electron chi connectivity index (χ1n) is 1.73. The largest absolute Gasteiger partial charge is 0.358 e. The van der Waals surface area contributed by atoms with Crippen LogP contribution in [-0.4, -0.2) is 8.58 Å². The Hall–Kier alpha value is 1.17. The SMILES string of the molecule is [2H]B(C)C.[CH3-].[Y]. The minimum atomic E-state index is 0. The van der Waals surface area contributed by atoms with E-state index in [1.165, 1.54) is 0 Å². The Morgan fingerprint density at radius 3 is 1.60 bits per heavy atom. The van der Waals surface area contributed by atoms with E-state index in [4.69, 9.17) is 1.34 Å². The topological polar surface area (TPSA) is 0 Å². The Labute approximate surface area is 62.2 Å². The van der Waals surface area contributed by atoms with Gasteiger partial charge in [0.15, 0.2) is 0 Å². The molecule has 0 bridgehead atoms. The van der Waals surface area contributed by atoms with Crippen LogP contribution in [0.4, 0.5) is 0 Å². The molecule has 0 atom stereocenters. The van der Waals surface area contributed by atoms with E-state index in [1.807, 2.05) is 13.6 Å². The third-order valence-corrected chi connectivity index (χ3v) is 0. The van der Waals surface area contributed by atoms with E-state index in [0.29, 0.717) is 0 Å². The molecule has 0 aliphatic carbocycles. The van der Waals surface area contributed by atoms with Gasteiger partial charge in [-0.3, -0.25) is 0 Å². The van der Waals surface area contributed by atoms with Gasteiger partial charge in [0.1, 0.15) is 7.24 Å². The summed E-state index contributed by atoms with van der Waals surface area (Å²) < 4.78 is 6.58. The van der Waals surface area contributed by atoms with Crippen LogP contribution < -0.4 is 0 Å². The molecule has 0 heterocycles. The summed E-state index contributed by atoms with van der Waals surface area (Å²) in [7, 11) is 0.0833. The zero-order valence-electron chi connectivity index (χ0n) is 5.15. The van der Waals surface area contributed by atoms with Gasteiger partial charge in [0, 0.05) is 32.7 Å². The second-order valence-corrected chi connectivity index (χ2v) is 0.577. The van der Waals surface area contributed by atoms with Crippen molar-refractivity contribution in [2.45, 2.75) is 13.6 Å². The van der Waals surface area contributed by atoms with Crippen molar-refractivity contribution < 1.29 is 32.7 Å². The molecule has 0 aromatic rings. The molecule has 0 spiro atoms. The number of hydrogen-bond acceptors (Lipinski definition) is 0. The van der Waals surface area contributed by atoms with E-state index in [9.17, 15) is 0 Å². The van der Waals surface area contributed by atoms with Crippen LogP contribution in [0.3, 0.4) is 0 Å². The molecule has 0 aliphatic heterocycles. The molecule has 5 heavy (non-hydrogen) atoms. The third kappa shape index (κ3) is 38.0. The Morgan fingerprint density at radius 1 is 1.60 bits per heavy atom. The fourth-order valence-electron chi connectivity index (χ4n) is 0. The summed E-state index contributed by atoms with van der Waals surface area (Å²) in [6.45, 7) is 3.67. The molecular formula is C3H10BY-. The van der Waals surface area contributed by atoms with Crippen molar-refractivity contribution in [2.24, 2.45) is 0 Å². The maximum absolute atomic E-state index is 6.58. The van der Waals surface area contributed by atoms with Gasteiger partial charge in [0.2, 0.25) is 0 Å². The minimum absolute atomic E-state index is 0. The third-order valence-electron chi connectivity index (χ3n) is 0. The van der Waals surface area contributed by atoms with Gasteiger partial charge in [-0.15, -0.1) is 0 Å². The fraction of sp³-hybridized carbons (Fsp3) is 0.667. The van der Waals surface area contributed by atoms with Crippen molar-refractivity contribution in [2.75, 3.05) is 0 Å². The van der Waals surface area contributed by atoms with Crippen LogP contribution in [0.2, 0.25) is 13.6 Å². The smallest absolute Gasteiger partial charge is 0.114 e. The molecule has 0 aromatic carbocycles. The Balaban J connectivity index is -0.0000000450. The number of rotatable bonds is 0. The standard InChI is InChI=1S/C2H7B.CH3.Y/c1-3-2;;/h3H,1-2H3;1H3;/q;-1;/i3D;;. The van der Waals surface area contributed by atoms with Crippen LogP contribution in [0.15, 0.2) is 0 Å². The molecule has 0 amide bonds. The molecule has 0 saturated carbocycles. The monoisotopic (exact) mass is 147 g/mol. The zero-order valence-corrected chi connectivity index (χ0v) is 6.99. The summed E-state index contributed by atoms with van der Waals surface area (Å²) in [5.41, 5.74) is 0. The van der Waals surface area contributed by atoms with Crippen LogP contribution >= 0.6 is 0 Å².